The van der Waals surface area contributed by atoms with Crippen LogP contribution in [0.2, 0.25) is 0 Å². The van der Waals surface area contributed by atoms with Crippen molar-refractivity contribution in [2.75, 3.05) is 11.6 Å². The highest BCUT2D eigenvalue weighted by atomic mass is 32.2. The standard InChI is InChI=1S/C13H16N4OS/c1-9(2)12(18)16-10-4-6-11(7-5-10)17-13(19-3)15-8-14/h4-7,9H,1-3H3,(H,15,17)(H,16,18). The Balaban J connectivity index is 2.77. The predicted molar refractivity (Wildman–Crippen MR) is 79.3 cm³/mol. The molecule has 0 aliphatic carbocycles. The lowest BCUT2D eigenvalue weighted by Crippen LogP contribution is -2.17. The maximum Gasteiger partial charge on any atom is 0.226 e. The fourth-order valence-electron chi connectivity index (χ4n) is 1.20. The van der Waals surface area contributed by atoms with Crippen LogP contribution in [0.5, 0.6) is 0 Å². The van der Waals surface area contributed by atoms with Gasteiger partial charge in [0.25, 0.3) is 0 Å². The highest BCUT2D eigenvalue weighted by Crippen LogP contribution is 2.18. The van der Waals surface area contributed by atoms with Crippen LogP contribution in [-0.2, 0) is 4.79 Å². The van der Waals surface area contributed by atoms with E-state index in [1.54, 1.807) is 24.3 Å². The lowest BCUT2D eigenvalue weighted by atomic mass is 10.2. The third kappa shape index (κ3) is 5.02. The molecule has 0 spiro atoms. The van der Waals surface area contributed by atoms with E-state index in [1.165, 1.54) is 11.8 Å². The van der Waals surface area contributed by atoms with Crippen molar-refractivity contribution >= 4 is 34.2 Å². The second-order valence-corrected chi connectivity index (χ2v) is 4.84. The number of nitriles is 1. The second-order valence-electron chi connectivity index (χ2n) is 4.05. The molecule has 5 nitrogen and oxygen atoms in total. The Morgan fingerprint density at radius 3 is 2.47 bits per heavy atom. The summed E-state index contributed by atoms with van der Waals surface area (Å²) < 4.78 is 0. The number of nitrogens with zero attached hydrogens (tertiary/aromatic N) is 2. The van der Waals surface area contributed by atoms with E-state index in [0.717, 1.165) is 11.4 Å². The van der Waals surface area contributed by atoms with Gasteiger partial charge in [0.1, 0.15) is 0 Å². The van der Waals surface area contributed by atoms with Crippen LogP contribution in [0.25, 0.3) is 0 Å². The van der Waals surface area contributed by atoms with Crippen molar-refractivity contribution in [3.63, 3.8) is 0 Å². The van der Waals surface area contributed by atoms with Gasteiger partial charge in [0.05, 0.1) is 5.69 Å². The van der Waals surface area contributed by atoms with E-state index < -0.39 is 0 Å². The Morgan fingerprint density at radius 2 is 2.00 bits per heavy atom. The minimum Gasteiger partial charge on any atom is -0.326 e. The van der Waals surface area contributed by atoms with Crippen molar-refractivity contribution < 1.29 is 4.79 Å². The maximum absolute atomic E-state index is 11.5. The molecule has 1 aromatic carbocycles. The first kappa shape index (κ1) is 15.1. The number of nitrogens with one attached hydrogen (secondary N) is 2. The predicted octanol–water partition coefficient (Wildman–Crippen LogP) is 2.70. The number of hydrogen-bond donors (Lipinski definition) is 2. The summed E-state index contributed by atoms with van der Waals surface area (Å²) in [7, 11) is 0. The van der Waals surface area contributed by atoms with Crippen LogP contribution < -0.4 is 10.6 Å². The van der Waals surface area contributed by atoms with Gasteiger partial charge in [0, 0.05) is 11.6 Å². The molecule has 0 atom stereocenters. The molecular formula is C13H16N4OS. The number of aliphatic imine (C=N–C) groups is 1. The molecule has 0 unspecified atom stereocenters. The number of amidine groups is 1. The van der Waals surface area contributed by atoms with Crippen LogP contribution in [-0.4, -0.2) is 17.3 Å². The van der Waals surface area contributed by atoms with Gasteiger partial charge in [-0.2, -0.15) is 5.26 Å². The van der Waals surface area contributed by atoms with Crippen molar-refractivity contribution in [3.05, 3.63) is 24.3 Å². The number of thioether (sulfide) groups is 1. The first-order valence-electron chi connectivity index (χ1n) is 5.75. The van der Waals surface area contributed by atoms with Crippen LogP contribution >= 0.6 is 11.8 Å². The van der Waals surface area contributed by atoms with Crippen molar-refractivity contribution in [2.24, 2.45) is 10.9 Å². The zero-order valence-electron chi connectivity index (χ0n) is 11.1. The largest absolute Gasteiger partial charge is 0.326 e. The van der Waals surface area contributed by atoms with E-state index in [4.69, 9.17) is 5.26 Å². The fourth-order valence-corrected chi connectivity index (χ4v) is 1.54. The quantitative estimate of drug-likeness (QED) is 0.385. The van der Waals surface area contributed by atoms with Crippen molar-refractivity contribution in [2.45, 2.75) is 13.8 Å². The third-order valence-corrected chi connectivity index (χ3v) is 2.83. The average Bonchev–Trinajstić information content (AvgIpc) is 2.40. The number of anilines is 1. The summed E-state index contributed by atoms with van der Waals surface area (Å²) in [5.41, 5.74) is 1.45. The number of carbonyl (C=O) groups is 1. The molecular weight excluding hydrogens is 260 g/mol. The number of benzene rings is 1. The third-order valence-electron chi connectivity index (χ3n) is 2.25. The molecule has 0 fully saturated rings. The van der Waals surface area contributed by atoms with Gasteiger partial charge in [-0.1, -0.05) is 25.6 Å². The Labute approximate surface area is 117 Å². The zero-order valence-corrected chi connectivity index (χ0v) is 11.9. The minimum absolute atomic E-state index is 0.0211. The summed E-state index contributed by atoms with van der Waals surface area (Å²) in [6.07, 6.45) is 3.66. The van der Waals surface area contributed by atoms with E-state index in [-0.39, 0.29) is 11.8 Å². The molecule has 1 rings (SSSR count). The summed E-state index contributed by atoms with van der Waals surface area (Å²) in [5.74, 6) is -0.0761. The van der Waals surface area contributed by atoms with Gasteiger partial charge in [0.15, 0.2) is 11.4 Å². The molecule has 2 N–H and O–H groups in total. The van der Waals surface area contributed by atoms with Crippen LogP contribution in [0.4, 0.5) is 11.4 Å². The Morgan fingerprint density at radius 1 is 1.37 bits per heavy atom. The van der Waals surface area contributed by atoms with Crippen molar-refractivity contribution in [3.8, 4) is 6.19 Å². The summed E-state index contributed by atoms with van der Waals surface area (Å²) in [6, 6.07) is 7.13. The van der Waals surface area contributed by atoms with Crippen LogP contribution in [0.3, 0.4) is 0 Å². The van der Waals surface area contributed by atoms with Gasteiger partial charge in [-0.15, -0.1) is 0 Å². The SMILES string of the molecule is CSC(=Nc1ccc(NC(=O)C(C)C)cc1)NC#N. The molecule has 0 aliphatic heterocycles. The van der Waals surface area contributed by atoms with Crippen molar-refractivity contribution in [1.29, 1.82) is 5.26 Å². The van der Waals surface area contributed by atoms with Gasteiger partial charge in [0.2, 0.25) is 5.91 Å². The smallest absolute Gasteiger partial charge is 0.226 e. The molecule has 1 amide bonds. The first-order chi connectivity index (χ1) is 9.06. The van der Waals surface area contributed by atoms with E-state index in [9.17, 15) is 4.79 Å². The lowest BCUT2D eigenvalue weighted by molar-refractivity contribution is -0.118. The maximum atomic E-state index is 11.5. The molecule has 0 aromatic heterocycles. The van der Waals surface area contributed by atoms with Crippen molar-refractivity contribution in [1.82, 2.24) is 5.32 Å². The van der Waals surface area contributed by atoms with E-state index in [1.807, 2.05) is 26.3 Å². The van der Waals surface area contributed by atoms with E-state index >= 15 is 0 Å². The molecule has 1 aromatic rings. The normalized spacial score (nSPS) is 11.0. The first-order valence-corrected chi connectivity index (χ1v) is 6.98. The average molecular weight is 276 g/mol. The highest BCUT2D eigenvalue weighted by molar-refractivity contribution is 8.13. The second kappa shape index (κ2) is 7.44. The number of hydrogen-bond acceptors (Lipinski definition) is 4. The topological polar surface area (TPSA) is 77.3 Å². The van der Waals surface area contributed by atoms with Gasteiger partial charge < -0.3 is 5.32 Å². The van der Waals surface area contributed by atoms with E-state index in [0.29, 0.717) is 5.17 Å². The minimum atomic E-state index is -0.0550. The van der Waals surface area contributed by atoms with Crippen LogP contribution in [0.1, 0.15) is 13.8 Å². The lowest BCUT2D eigenvalue weighted by Gasteiger charge is -2.07. The molecule has 0 heterocycles. The number of carbonyl (C=O) groups excluding carboxylic acids is 1. The molecule has 0 saturated heterocycles. The van der Waals surface area contributed by atoms with E-state index in [2.05, 4.69) is 15.6 Å². The summed E-state index contributed by atoms with van der Waals surface area (Å²) in [4.78, 5) is 15.8. The molecule has 0 bridgehead atoms. The molecule has 0 radical (unpaired) electrons. The summed E-state index contributed by atoms with van der Waals surface area (Å²) in [5, 5.41) is 14.4. The Hall–Kier alpha value is -2.00. The molecule has 19 heavy (non-hydrogen) atoms. The monoisotopic (exact) mass is 276 g/mol. The molecule has 6 heteroatoms. The van der Waals surface area contributed by atoms with Crippen LogP contribution in [0, 0.1) is 17.4 Å². The van der Waals surface area contributed by atoms with Gasteiger partial charge >= 0.3 is 0 Å². The molecule has 0 saturated carbocycles. The highest BCUT2D eigenvalue weighted by Gasteiger charge is 2.06. The number of amides is 1. The van der Waals surface area contributed by atoms with Crippen LogP contribution in [0.15, 0.2) is 29.3 Å². The van der Waals surface area contributed by atoms with Gasteiger partial charge in [-0.25, -0.2) is 4.99 Å². The Kier molecular flexibility index (Phi) is 5.90. The molecule has 100 valence electrons. The molecule has 0 aliphatic rings. The fraction of sp³-hybridized carbons (Fsp3) is 0.308. The van der Waals surface area contributed by atoms with Gasteiger partial charge in [-0.3, -0.25) is 10.1 Å². The summed E-state index contributed by atoms with van der Waals surface area (Å²) >= 11 is 1.35. The van der Waals surface area contributed by atoms with Gasteiger partial charge in [-0.05, 0) is 30.5 Å². The summed E-state index contributed by atoms with van der Waals surface area (Å²) in [6.45, 7) is 3.68. The number of rotatable bonds is 3. The zero-order chi connectivity index (χ0) is 14.3. The Bertz CT molecular complexity index is 502.